The molecule has 1 aliphatic heterocycles. The van der Waals surface area contributed by atoms with E-state index in [2.05, 4.69) is 20.5 Å². The van der Waals surface area contributed by atoms with Gasteiger partial charge in [0.2, 0.25) is 5.91 Å². The van der Waals surface area contributed by atoms with Crippen LogP contribution in [0, 0.1) is 0 Å². The van der Waals surface area contributed by atoms with Gasteiger partial charge in [0, 0.05) is 54.6 Å². The van der Waals surface area contributed by atoms with Crippen LogP contribution < -0.4 is 5.32 Å². The van der Waals surface area contributed by atoms with Crippen LogP contribution in [0.5, 0.6) is 0 Å². The Kier molecular flexibility index (Phi) is 5.88. The molecule has 0 fully saturated rings. The molecule has 0 aliphatic carbocycles. The predicted octanol–water partition coefficient (Wildman–Crippen LogP) is 3.07. The van der Waals surface area contributed by atoms with Crippen LogP contribution >= 0.6 is 0 Å². The quantitative estimate of drug-likeness (QED) is 0.506. The molecule has 1 aliphatic rings. The minimum atomic E-state index is -3.13. The number of halogens is 2. The minimum Gasteiger partial charge on any atom is -0.390 e. The summed E-state index contributed by atoms with van der Waals surface area (Å²) in [6.45, 7) is -0.954. The highest BCUT2D eigenvalue weighted by atomic mass is 19.3. The number of alkyl halides is 2. The Morgan fingerprint density at radius 3 is 2.87 bits per heavy atom. The van der Waals surface area contributed by atoms with Crippen molar-refractivity contribution in [3.05, 3.63) is 71.8 Å². The lowest BCUT2D eigenvalue weighted by Crippen LogP contribution is -2.36. The number of pyridine rings is 1. The number of rotatable bonds is 7. The second kappa shape index (κ2) is 8.75. The van der Waals surface area contributed by atoms with Gasteiger partial charge in [-0.05, 0) is 41.0 Å². The van der Waals surface area contributed by atoms with E-state index in [1.807, 2.05) is 12.1 Å². The molecule has 31 heavy (non-hydrogen) atoms. The van der Waals surface area contributed by atoms with Crippen LogP contribution in [0.4, 0.5) is 14.5 Å². The van der Waals surface area contributed by atoms with Gasteiger partial charge in [0.15, 0.2) is 0 Å². The van der Waals surface area contributed by atoms with Crippen LogP contribution in [0.2, 0.25) is 0 Å². The smallest absolute Gasteiger partial charge is 0.283 e. The highest BCUT2D eigenvalue weighted by molar-refractivity contribution is 6.02. The fourth-order valence-corrected chi connectivity index (χ4v) is 3.58. The van der Waals surface area contributed by atoms with Gasteiger partial charge in [0.05, 0.1) is 12.7 Å². The Balaban J connectivity index is 1.41. The zero-order chi connectivity index (χ0) is 21.8. The van der Waals surface area contributed by atoms with E-state index in [0.717, 1.165) is 27.8 Å². The summed E-state index contributed by atoms with van der Waals surface area (Å²) >= 11 is 0. The Bertz CT molecular complexity index is 1100. The number of amides is 1. The number of H-pyrrole nitrogens is 1. The molecule has 0 unspecified atom stereocenters. The highest BCUT2D eigenvalue weighted by Gasteiger charge is 2.33. The van der Waals surface area contributed by atoms with Gasteiger partial charge >= 0.3 is 0 Å². The van der Waals surface area contributed by atoms with Crippen molar-refractivity contribution >= 4 is 17.7 Å². The number of carbonyl (C=O) groups is 1. The van der Waals surface area contributed by atoms with Crippen LogP contribution in [0.3, 0.4) is 0 Å². The first kappa shape index (κ1) is 20.8. The summed E-state index contributed by atoms with van der Waals surface area (Å²) < 4.78 is 26.9. The van der Waals surface area contributed by atoms with Gasteiger partial charge in [0.25, 0.3) is 5.92 Å². The van der Waals surface area contributed by atoms with E-state index >= 15 is 0 Å². The maximum Gasteiger partial charge on any atom is 0.283 e. The number of aliphatic hydroxyl groups is 1. The maximum atomic E-state index is 13.5. The highest BCUT2D eigenvalue weighted by Crippen LogP contribution is 2.28. The Morgan fingerprint density at radius 1 is 1.26 bits per heavy atom. The molecule has 0 bridgehead atoms. The number of nitrogens with zero attached hydrogens (tertiary/aromatic N) is 3. The molecule has 1 amide bonds. The first-order valence-electron chi connectivity index (χ1n) is 9.68. The summed E-state index contributed by atoms with van der Waals surface area (Å²) in [4.78, 5) is 18.1. The Hall–Kier alpha value is -3.43. The van der Waals surface area contributed by atoms with E-state index in [1.54, 1.807) is 47.9 Å². The average Bonchev–Trinajstić information content (AvgIpc) is 3.41. The number of aromatic amines is 1. The number of hydrogen-bond donors (Lipinski definition) is 3. The number of aliphatic hydroxyl groups excluding tert-OH is 1. The molecule has 0 saturated heterocycles. The molecule has 0 atom stereocenters. The van der Waals surface area contributed by atoms with Gasteiger partial charge < -0.3 is 10.4 Å². The maximum absolute atomic E-state index is 13.5. The molecule has 2 aromatic heterocycles. The SMILES string of the molecule is O=C(/C=C/c1cnccc1-c1cn[nH]c1)Nc1ccc2c(c1)CN(CC(F)(F)CO)C2. The van der Waals surface area contributed by atoms with Gasteiger partial charge in [0.1, 0.15) is 6.61 Å². The van der Waals surface area contributed by atoms with Crippen molar-refractivity contribution in [2.75, 3.05) is 18.5 Å². The van der Waals surface area contributed by atoms with Gasteiger partial charge in [-0.1, -0.05) is 6.07 Å². The number of carbonyl (C=O) groups excluding carboxylic acids is 1. The molecule has 0 spiro atoms. The van der Waals surface area contributed by atoms with E-state index in [1.165, 1.54) is 6.08 Å². The van der Waals surface area contributed by atoms with Crippen molar-refractivity contribution in [3.8, 4) is 11.1 Å². The molecule has 3 N–H and O–H groups in total. The lowest BCUT2D eigenvalue weighted by molar-refractivity contribution is -0.111. The molecule has 7 nitrogen and oxygen atoms in total. The number of anilines is 1. The number of fused-ring (bicyclic) bond motifs is 1. The van der Waals surface area contributed by atoms with Crippen molar-refractivity contribution in [2.45, 2.75) is 19.0 Å². The van der Waals surface area contributed by atoms with E-state index in [0.29, 0.717) is 18.8 Å². The van der Waals surface area contributed by atoms with E-state index < -0.39 is 19.1 Å². The average molecular weight is 425 g/mol. The van der Waals surface area contributed by atoms with Crippen molar-refractivity contribution in [1.82, 2.24) is 20.1 Å². The van der Waals surface area contributed by atoms with Crippen LogP contribution in [0.25, 0.3) is 17.2 Å². The third-order valence-corrected chi connectivity index (χ3v) is 5.02. The molecular weight excluding hydrogens is 404 g/mol. The fourth-order valence-electron chi connectivity index (χ4n) is 3.58. The van der Waals surface area contributed by atoms with Gasteiger partial charge in [-0.2, -0.15) is 5.10 Å². The first-order valence-corrected chi connectivity index (χ1v) is 9.68. The predicted molar refractivity (Wildman–Crippen MR) is 112 cm³/mol. The van der Waals surface area contributed by atoms with Gasteiger partial charge in [-0.15, -0.1) is 0 Å². The summed E-state index contributed by atoms with van der Waals surface area (Å²) in [7, 11) is 0. The molecule has 160 valence electrons. The molecule has 1 aromatic carbocycles. The van der Waals surface area contributed by atoms with Gasteiger partial charge in [-0.25, -0.2) is 8.78 Å². The third kappa shape index (κ3) is 5.01. The second-order valence-corrected chi connectivity index (χ2v) is 7.42. The topological polar surface area (TPSA) is 94.1 Å². The molecule has 4 rings (SSSR count). The number of hydrogen-bond acceptors (Lipinski definition) is 5. The van der Waals surface area contributed by atoms with Crippen LogP contribution in [0.15, 0.2) is 55.1 Å². The molecule has 0 radical (unpaired) electrons. The zero-order valence-corrected chi connectivity index (χ0v) is 16.6. The molecular formula is C22H21F2N5O2. The van der Waals surface area contributed by atoms with Gasteiger partial charge in [-0.3, -0.25) is 19.8 Å². The summed E-state index contributed by atoms with van der Waals surface area (Å²) in [6, 6.07) is 7.21. The Morgan fingerprint density at radius 2 is 2.10 bits per heavy atom. The fraction of sp³-hybridized carbons (Fsp3) is 0.227. The molecule has 0 saturated carbocycles. The van der Waals surface area contributed by atoms with E-state index in [-0.39, 0.29) is 5.91 Å². The number of aromatic nitrogens is 3. The first-order chi connectivity index (χ1) is 14.9. The van der Waals surface area contributed by atoms with Crippen molar-refractivity contribution in [2.24, 2.45) is 0 Å². The normalized spacial score (nSPS) is 14.2. The van der Waals surface area contributed by atoms with Crippen LogP contribution in [0.1, 0.15) is 16.7 Å². The lowest BCUT2D eigenvalue weighted by atomic mass is 10.0. The number of nitrogens with one attached hydrogen (secondary N) is 2. The third-order valence-electron chi connectivity index (χ3n) is 5.02. The van der Waals surface area contributed by atoms with Crippen LogP contribution in [-0.2, 0) is 17.9 Å². The van der Waals surface area contributed by atoms with Crippen molar-refractivity contribution < 1.29 is 18.7 Å². The number of benzene rings is 1. The summed E-state index contributed by atoms with van der Waals surface area (Å²) in [5.74, 6) is -3.45. The Labute approximate surface area is 177 Å². The molecule has 3 heterocycles. The molecule has 3 aromatic rings. The zero-order valence-electron chi connectivity index (χ0n) is 16.6. The van der Waals surface area contributed by atoms with Crippen molar-refractivity contribution in [3.63, 3.8) is 0 Å². The van der Waals surface area contributed by atoms with E-state index in [9.17, 15) is 13.6 Å². The summed E-state index contributed by atoms with van der Waals surface area (Å²) in [6.07, 6.45) is 9.88. The monoisotopic (exact) mass is 425 g/mol. The standard InChI is InChI=1S/C22H21F2N5O2/c23-22(24,14-30)13-29-11-16-1-3-19(7-17(16)12-29)28-21(31)4-2-15-8-25-6-5-20(15)18-9-26-27-10-18/h1-10,30H,11-14H2,(H,26,27)(H,28,31)/b4-2+. The van der Waals surface area contributed by atoms with E-state index in [4.69, 9.17) is 5.11 Å². The summed E-state index contributed by atoms with van der Waals surface area (Å²) in [5, 5.41) is 18.3. The largest absolute Gasteiger partial charge is 0.390 e. The molecule has 9 heteroatoms. The lowest BCUT2D eigenvalue weighted by Gasteiger charge is -2.21. The second-order valence-electron chi connectivity index (χ2n) is 7.42. The summed E-state index contributed by atoms with van der Waals surface area (Å²) in [5.41, 5.74) is 4.95. The van der Waals surface area contributed by atoms with Crippen LogP contribution in [-0.4, -0.2) is 50.2 Å². The minimum absolute atomic E-state index is 0.316. The van der Waals surface area contributed by atoms with Crippen molar-refractivity contribution in [1.29, 1.82) is 0 Å².